The second-order valence-corrected chi connectivity index (χ2v) is 4.89. The van der Waals surface area contributed by atoms with Crippen molar-refractivity contribution in [3.63, 3.8) is 0 Å². The van der Waals surface area contributed by atoms with Crippen LogP contribution in [0.1, 0.15) is 11.1 Å². The van der Waals surface area contributed by atoms with Gasteiger partial charge in [-0.05, 0) is 17.7 Å². The maximum atomic E-state index is 11.7. The Labute approximate surface area is 120 Å². The predicted molar refractivity (Wildman–Crippen MR) is 75.5 cm³/mol. The van der Waals surface area contributed by atoms with Gasteiger partial charge in [-0.1, -0.05) is 59.6 Å². The van der Waals surface area contributed by atoms with Crippen LogP contribution in [-0.4, -0.2) is 11.1 Å². The van der Waals surface area contributed by atoms with Crippen LogP contribution in [0.3, 0.4) is 0 Å². The Kier molecular flexibility index (Phi) is 3.80. The van der Waals surface area contributed by atoms with Gasteiger partial charge in [-0.2, -0.15) is 0 Å². The minimum absolute atomic E-state index is 0.192. The van der Waals surface area contributed by atoms with Gasteiger partial charge in [0.15, 0.2) is 5.54 Å². The van der Waals surface area contributed by atoms with Gasteiger partial charge in [0.25, 0.3) is 0 Å². The average molecular weight is 296 g/mol. The zero-order valence-corrected chi connectivity index (χ0v) is 11.3. The van der Waals surface area contributed by atoms with Crippen molar-refractivity contribution in [2.75, 3.05) is 0 Å². The molecule has 1 atom stereocenters. The van der Waals surface area contributed by atoms with Crippen LogP contribution >= 0.6 is 23.2 Å². The molecule has 3 nitrogen and oxygen atoms in total. The van der Waals surface area contributed by atoms with E-state index in [4.69, 9.17) is 28.9 Å². The summed E-state index contributed by atoms with van der Waals surface area (Å²) in [4.78, 5) is 11.7. The fourth-order valence-corrected chi connectivity index (χ4v) is 2.65. The summed E-state index contributed by atoms with van der Waals surface area (Å²) in [6, 6.07) is 13.2. The van der Waals surface area contributed by atoms with Gasteiger partial charge in [-0.25, -0.2) is 4.79 Å². The summed E-state index contributed by atoms with van der Waals surface area (Å²) in [5, 5.41) is 9.99. The molecule has 19 heavy (non-hydrogen) atoms. The molecule has 0 aliphatic carbocycles. The van der Waals surface area contributed by atoms with Crippen molar-refractivity contribution in [2.45, 2.75) is 5.54 Å². The molecule has 0 aromatic heterocycles. The number of rotatable bonds is 3. The summed E-state index contributed by atoms with van der Waals surface area (Å²) in [6.45, 7) is 0. The summed E-state index contributed by atoms with van der Waals surface area (Å²) < 4.78 is 0. The minimum Gasteiger partial charge on any atom is -0.479 e. The van der Waals surface area contributed by atoms with Crippen LogP contribution in [0, 0.1) is 0 Å². The van der Waals surface area contributed by atoms with Gasteiger partial charge in [0, 0.05) is 15.6 Å². The van der Waals surface area contributed by atoms with E-state index >= 15 is 0 Å². The number of hydrogen-bond donors (Lipinski definition) is 2. The number of benzene rings is 2. The normalized spacial score (nSPS) is 13.8. The summed E-state index contributed by atoms with van der Waals surface area (Å²) in [5.74, 6) is -1.21. The van der Waals surface area contributed by atoms with Crippen LogP contribution in [0.15, 0.2) is 48.5 Å². The number of aliphatic carboxylic acids is 1. The third kappa shape index (κ3) is 2.32. The zero-order valence-electron chi connectivity index (χ0n) is 9.81. The quantitative estimate of drug-likeness (QED) is 0.913. The first-order chi connectivity index (χ1) is 8.98. The topological polar surface area (TPSA) is 63.3 Å². The first kappa shape index (κ1) is 13.9. The van der Waals surface area contributed by atoms with E-state index in [1.165, 1.54) is 0 Å². The predicted octanol–water partition coefficient (Wildman–Crippen LogP) is 3.28. The lowest BCUT2D eigenvalue weighted by atomic mass is 9.83. The van der Waals surface area contributed by atoms with E-state index in [1.54, 1.807) is 48.5 Å². The van der Waals surface area contributed by atoms with Crippen molar-refractivity contribution in [1.29, 1.82) is 0 Å². The highest BCUT2D eigenvalue weighted by atomic mass is 35.5. The van der Waals surface area contributed by atoms with E-state index < -0.39 is 11.5 Å². The monoisotopic (exact) mass is 295 g/mol. The number of nitrogens with two attached hydrogens (primary N) is 1. The Morgan fingerprint density at radius 1 is 1.00 bits per heavy atom. The molecule has 0 radical (unpaired) electrons. The maximum absolute atomic E-state index is 11.7. The molecule has 98 valence electrons. The molecule has 0 saturated carbocycles. The van der Waals surface area contributed by atoms with Crippen molar-refractivity contribution in [2.24, 2.45) is 5.73 Å². The third-order valence-electron chi connectivity index (χ3n) is 2.92. The van der Waals surface area contributed by atoms with E-state index in [0.29, 0.717) is 5.56 Å². The van der Waals surface area contributed by atoms with Crippen LogP contribution in [-0.2, 0) is 10.3 Å². The molecule has 1 unspecified atom stereocenters. The Hall–Kier alpha value is -1.55. The molecule has 2 rings (SSSR count). The van der Waals surface area contributed by atoms with Gasteiger partial charge in [-0.15, -0.1) is 0 Å². The fraction of sp³-hybridized carbons (Fsp3) is 0.0714. The van der Waals surface area contributed by atoms with Gasteiger partial charge in [0.1, 0.15) is 0 Å². The fourth-order valence-electron chi connectivity index (χ4n) is 1.95. The Bertz CT molecular complexity index is 596. The maximum Gasteiger partial charge on any atom is 0.333 e. The van der Waals surface area contributed by atoms with E-state index in [9.17, 15) is 9.90 Å². The molecule has 0 saturated heterocycles. The highest BCUT2D eigenvalue weighted by molar-refractivity contribution is 6.36. The Morgan fingerprint density at radius 3 is 2.00 bits per heavy atom. The number of carboxylic acids is 1. The van der Waals surface area contributed by atoms with Gasteiger partial charge in [0.2, 0.25) is 0 Å². The van der Waals surface area contributed by atoms with Crippen molar-refractivity contribution in [3.8, 4) is 0 Å². The molecule has 2 aromatic carbocycles. The Morgan fingerprint density at radius 2 is 1.53 bits per heavy atom. The molecular weight excluding hydrogens is 285 g/mol. The van der Waals surface area contributed by atoms with Gasteiger partial charge in [-0.3, -0.25) is 0 Å². The molecule has 2 aromatic rings. The lowest BCUT2D eigenvalue weighted by Gasteiger charge is -2.27. The van der Waals surface area contributed by atoms with Gasteiger partial charge < -0.3 is 10.8 Å². The van der Waals surface area contributed by atoms with E-state index in [0.717, 1.165) is 0 Å². The lowest BCUT2D eigenvalue weighted by Crippen LogP contribution is -2.46. The highest BCUT2D eigenvalue weighted by Crippen LogP contribution is 2.37. The standard InChI is InChI=1S/C14H11Cl2NO2/c15-10-7-4-8-11(16)12(10)14(17,13(18)19)9-5-2-1-3-6-9/h1-8H,17H2,(H,18,19). The van der Waals surface area contributed by atoms with Crippen LogP contribution in [0.5, 0.6) is 0 Å². The number of carbonyl (C=O) groups is 1. The molecule has 0 heterocycles. The second-order valence-electron chi connectivity index (χ2n) is 4.08. The molecular formula is C14H11Cl2NO2. The zero-order chi connectivity index (χ0) is 14.0. The molecule has 3 N–H and O–H groups in total. The number of halogens is 2. The van der Waals surface area contributed by atoms with Crippen LogP contribution < -0.4 is 5.73 Å². The highest BCUT2D eigenvalue weighted by Gasteiger charge is 2.41. The molecule has 0 amide bonds. The average Bonchev–Trinajstić information content (AvgIpc) is 2.39. The molecule has 0 spiro atoms. The smallest absolute Gasteiger partial charge is 0.333 e. The van der Waals surface area contributed by atoms with Crippen molar-refractivity contribution in [3.05, 3.63) is 69.7 Å². The van der Waals surface area contributed by atoms with Crippen molar-refractivity contribution in [1.82, 2.24) is 0 Å². The van der Waals surface area contributed by atoms with Crippen LogP contribution in [0.25, 0.3) is 0 Å². The molecule has 0 bridgehead atoms. The van der Waals surface area contributed by atoms with Crippen molar-refractivity contribution < 1.29 is 9.90 Å². The molecule has 0 aliphatic rings. The Balaban J connectivity index is 2.75. The van der Waals surface area contributed by atoms with Crippen LogP contribution in [0.2, 0.25) is 10.0 Å². The first-order valence-corrected chi connectivity index (χ1v) is 6.26. The summed E-state index contributed by atoms with van der Waals surface area (Å²) >= 11 is 12.2. The third-order valence-corrected chi connectivity index (χ3v) is 3.55. The van der Waals surface area contributed by atoms with E-state index in [-0.39, 0.29) is 15.6 Å². The number of hydrogen-bond acceptors (Lipinski definition) is 2. The molecule has 0 fully saturated rings. The molecule has 0 aliphatic heterocycles. The number of carboxylic acid groups (broad SMARTS) is 1. The van der Waals surface area contributed by atoms with Gasteiger partial charge >= 0.3 is 5.97 Å². The summed E-state index contributed by atoms with van der Waals surface area (Å²) in [6.07, 6.45) is 0. The van der Waals surface area contributed by atoms with Gasteiger partial charge in [0.05, 0.1) is 0 Å². The first-order valence-electron chi connectivity index (χ1n) is 5.50. The largest absolute Gasteiger partial charge is 0.479 e. The molecule has 5 heteroatoms. The van der Waals surface area contributed by atoms with Crippen molar-refractivity contribution >= 4 is 29.2 Å². The summed E-state index contributed by atoms with van der Waals surface area (Å²) in [7, 11) is 0. The second kappa shape index (κ2) is 5.21. The SMILES string of the molecule is NC(C(=O)O)(c1ccccc1)c1c(Cl)cccc1Cl. The summed E-state index contributed by atoms with van der Waals surface area (Å²) in [5.41, 5.74) is 4.94. The minimum atomic E-state index is -1.78. The van der Waals surface area contributed by atoms with E-state index in [2.05, 4.69) is 0 Å². The lowest BCUT2D eigenvalue weighted by molar-refractivity contribution is -0.142. The van der Waals surface area contributed by atoms with E-state index in [1.807, 2.05) is 0 Å². The van der Waals surface area contributed by atoms with Crippen LogP contribution in [0.4, 0.5) is 0 Å².